The maximum atomic E-state index is 13.3. The van der Waals surface area contributed by atoms with Gasteiger partial charge in [-0.05, 0) is 53.6 Å². The lowest BCUT2D eigenvalue weighted by atomic mass is 10.2. The van der Waals surface area contributed by atoms with Crippen LogP contribution in [0.1, 0.15) is 11.1 Å². The molecule has 2 amide bonds. The lowest BCUT2D eigenvalue weighted by molar-refractivity contribution is 0.251. The Balaban J connectivity index is 1.62. The summed E-state index contributed by atoms with van der Waals surface area (Å²) in [6, 6.07) is 11.3. The fourth-order valence-electron chi connectivity index (χ4n) is 2.60. The van der Waals surface area contributed by atoms with Crippen molar-refractivity contribution in [1.29, 1.82) is 0 Å². The smallest absolute Gasteiger partial charge is 0.319 e. The summed E-state index contributed by atoms with van der Waals surface area (Å²) in [5.41, 5.74) is 1.24. The first kappa shape index (κ1) is 20.4. The largest absolute Gasteiger partial charge is 0.334 e. The Bertz CT molecular complexity index is 1090. The second kappa shape index (κ2) is 8.78. The maximum absolute atomic E-state index is 13.3. The quantitative estimate of drug-likeness (QED) is 0.641. The number of aromatic nitrogens is 1. The van der Waals surface area contributed by atoms with Gasteiger partial charge in [0.05, 0.1) is 10.6 Å². The molecule has 29 heavy (non-hydrogen) atoms. The van der Waals surface area contributed by atoms with Crippen LogP contribution in [0, 0.1) is 11.6 Å². The van der Waals surface area contributed by atoms with Crippen LogP contribution in [0.5, 0.6) is 0 Å². The van der Waals surface area contributed by atoms with E-state index in [0.717, 1.165) is 17.7 Å². The third kappa shape index (κ3) is 5.82. The zero-order valence-electron chi connectivity index (χ0n) is 15.1. The van der Waals surface area contributed by atoms with Crippen LogP contribution in [0.25, 0.3) is 0 Å². The number of rotatable bonds is 6. The number of pyridine rings is 1. The molecule has 6 nitrogen and oxygen atoms in total. The van der Waals surface area contributed by atoms with Gasteiger partial charge in [-0.2, -0.15) is 0 Å². The molecule has 2 N–H and O–H groups in total. The zero-order chi connectivity index (χ0) is 20.9. The molecule has 0 unspecified atom stereocenters. The molecule has 0 saturated heterocycles. The van der Waals surface area contributed by atoms with Crippen LogP contribution in [0.2, 0.25) is 0 Å². The number of nitrogens with zero attached hydrogens (tertiary/aromatic N) is 1. The van der Waals surface area contributed by atoms with E-state index in [9.17, 15) is 22.0 Å². The Labute approximate surface area is 166 Å². The van der Waals surface area contributed by atoms with E-state index in [-0.39, 0.29) is 17.0 Å². The molecule has 3 rings (SSSR count). The van der Waals surface area contributed by atoms with Gasteiger partial charge in [0.1, 0.15) is 11.6 Å². The second-order valence-corrected chi connectivity index (χ2v) is 8.22. The monoisotopic (exact) mass is 417 g/mol. The summed E-state index contributed by atoms with van der Waals surface area (Å²) in [5, 5.41) is 5.25. The van der Waals surface area contributed by atoms with Gasteiger partial charge in [-0.25, -0.2) is 22.0 Å². The molecule has 0 radical (unpaired) electrons. The molecule has 0 aliphatic carbocycles. The molecule has 3 aromatic rings. The Hall–Kier alpha value is -3.33. The topological polar surface area (TPSA) is 88.2 Å². The Kier molecular flexibility index (Phi) is 6.18. The van der Waals surface area contributed by atoms with E-state index < -0.39 is 33.3 Å². The van der Waals surface area contributed by atoms with E-state index in [1.807, 2.05) is 6.07 Å². The standard InChI is InChI=1S/C20H17F2N3O3S/c21-16-8-15(9-17(22)10-16)13-29(27,28)19-5-3-18(4-6-19)25-20(26)24-12-14-2-1-7-23-11-14/h1-11H,12-13H2,(H2,24,25,26). The van der Waals surface area contributed by atoms with Crippen molar-refractivity contribution in [3.05, 3.63) is 89.8 Å². The third-order valence-electron chi connectivity index (χ3n) is 3.93. The van der Waals surface area contributed by atoms with E-state index >= 15 is 0 Å². The van der Waals surface area contributed by atoms with Gasteiger partial charge in [-0.1, -0.05) is 6.07 Å². The minimum Gasteiger partial charge on any atom is -0.334 e. The van der Waals surface area contributed by atoms with Gasteiger partial charge in [-0.15, -0.1) is 0 Å². The fourth-order valence-corrected chi connectivity index (χ4v) is 3.93. The molecule has 0 bridgehead atoms. The Morgan fingerprint density at radius 1 is 0.966 bits per heavy atom. The Morgan fingerprint density at radius 3 is 2.28 bits per heavy atom. The highest BCUT2D eigenvalue weighted by atomic mass is 32.2. The summed E-state index contributed by atoms with van der Waals surface area (Å²) >= 11 is 0. The van der Waals surface area contributed by atoms with Crippen LogP contribution in [-0.2, 0) is 22.1 Å². The number of amides is 2. The van der Waals surface area contributed by atoms with E-state index in [2.05, 4.69) is 15.6 Å². The molecular weight excluding hydrogens is 400 g/mol. The minimum atomic E-state index is -3.81. The lowest BCUT2D eigenvalue weighted by Crippen LogP contribution is -2.28. The SMILES string of the molecule is O=C(NCc1cccnc1)Nc1ccc(S(=O)(=O)Cc2cc(F)cc(F)c2)cc1. The number of hydrogen-bond acceptors (Lipinski definition) is 4. The van der Waals surface area contributed by atoms with Gasteiger partial charge in [0.15, 0.2) is 9.84 Å². The molecular formula is C20H17F2N3O3S. The van der Waals surface area contributed by atoms with Crippen LogP contribution in [0.15, 0.2) is 71.9 Å². The van der Waals surface area contributed by atoms with Crippen molar-refractivity contribution in [2.45, 2.75) is 17.2 Å². The number of urea groups is 1. The van der Waals surface area contributed by atoms with Crippen molar-refractivity contribution < 1.29 is 22.0 Å². The van der Waals surface area contributed by atoms with Crippen LogP contribution in [0.4, 0.5) is 19.3 Å². The number of carbonyl (C=O) groups is 1. The van der Waals surface area contributed by atoms with E-state index in [4.69, 9.17) is 0 Å². The Morgan fingerprint density at radius 2 is 1.66 bits per heavy atom. The van der Waals surface area contributed by atoms with Gasteiger partial charge in [0.2, 0.25) is 0 Å². The van der Waals surface area contributed by atoms with Gasteiger partial charge >= 0.3 is 6.03 Å². The molecule has 2 aromatic carbocycles. The van der Waals surface area contributed by atoms with Crippen LogP contribution < -0.4 is 10.6 Å². The number of carbonyl (C=O) groups excluding carboxylic acids is 1. The predicted octanol–water partition coefficient (Wildman–Crippen LogP) is 3.66. The molecule has 0 aliphatic rings. The van der Waals surface area contributed by atoms with Gasteiger partial charge in [0, 0.05) is 30.7 Å². The van der Waals surface area contributed by atoms with Crippen molar-refractivity contribution in [3.63, 3.8) is 0 Å². The highest BCUT2D eigenvalue weighted by molar-refractivity contribution is 7.90. The fraction of sp³-hybridized carbons (Fsp3) is 0.100. The van der Waals surface area contributed by atoms with Crippen LogP contribution in [0.3, 0.4) is 0 Å². The summed E-state index contributed by atoms with van der Waals surface area (Å²) < 4.78 is 51.5. The van der Waals surface area contributed by atoms with Gasteiger partial charge < -0.3 is 10.6 Å². The summed E-state index contributed by atoms with van der Waals surface area (Å²) in [6.45, 7) is 0.288. The van der Waals surface area contributed by atoms with Crippen LogP contribution in [-0.4, -0.2) is 19.4 Å². The van der Waals surface area contributed by atoms with Crippen molar-refractivity contribution in [2.24, 2.45) is 0 Å². The lowest BCUT2D eigenvalue weighted by Gasteiger charge is -2.09. The second-order valence-electron chi connectivity index (χ2n) is 6.23. The highest BCUT2D eigenvalue weighted by Gasteiger charge is 2.17. The first-order valence-electron chi connectivity index (χ1n) is 8.53. The normalized spacial score (nSPS) is 11.1. The van der Waals surface area contributed by atoms with Crippen molar-refractivity contribution in [2.75, 3.05) is 5.32 Å². The summed E-state index contributed by atoms with van der Waals surface area (Å²) in [5.74, 6) is -2.22. The molecule has 1 heterocycles. The van der Waals surface area contributed by atoms with E-state index in [1.165, 1.54) is 24.3 Å². The van der Waals surface area contributed by atoms with Crippen molar-refractivity contribution in [1.82, 2.24) is 10.3 Å². The number of sulfone groups is 1. The number of anilines is 1. The number of benzene rings is 2. The zero-order valence-corrected chi connectivity index (χ0v) is 15.9. The first-order valence-corrected chi connectivity index (χ1v) is 10.2. The summed E-state index contributed by atoms with van der Waals surface area (Å²) in [7, 11) is -3.81. The molecule has 0 spiro atoms. The molecule has 0 atom stereocenters. The van der Waals surface area contributed by atoms with Gasteiger partial charge in [0.25, 0.3) is 0 Å². The summed E-state index contributed by atoms with van der Waals surface area (Å²) in [4.78, 5) is 15.9. The van der Waals surface area contributed by atoms with E-state index in [1.54, 1.807) is 18.5 Å². The van der Waals surface area contributed by atoms with E-state index in [0.29, 0.717) is 11.8 Å². The van der Waals surface area contributed by atoms with Crippen LogP contribution >= 0.6 is 0 Å². The van der Waals surface area contributed by atoms with Gasteiger partial charge in [-0.3, -0.25) is 4.98 Å². The average molecular weight is 417 g/mol. The molecule has 0 saturated carbocycles. The maximum Gasteiger partial charge on any atom is 0.319 e. The third-order valence-corrected chi connectivity index (χ3v) is 5.63. The molecule has 0 fully saturated rings. The number of halogens is 2. The predicted molar refractivity (Wildman–Crippen MR) is 104 cm³/mol. The summed E-state index contributed by atoms with van der Waals surface area (Å²) in [6.07, 6.45) is 3.26. The average Bonchev–Trinajstić information content (AvgIpc) is 2.66. The van der Waals surface area contributed by atoms with Crippen molar-refractivity contribution >= 4 is 21.6 Å². The molecule has 150 valence electrons. The molecule has 9 heteroatoms. The van der Waals surface area contributed by atoms with Crippen molar-refractivity contribution in [3.8, 4) is 0 Å². The first-order chi connectivity index (χ1) is 13.8. The minimum absolute atomic E-state index is 0.0134. The molecule has 0 aliphatic heterocycles. The number of hydrogen-bond donors (Lipinski definition) is 2. The number of nitrogens with one attached hydrogen (secondary N) is 2. The highest BCUT2D eigenvalue weighted by Crippen LogP contribution is 2.20. The molecule has 1 aromatic heterocycles.